The van der Waals surface area contributed by atoms with Crippen LogP contribution in [0.2, 0.25) is 0 Å². The predicted octanol–water partition coefficient (Wildman–Crippen LogP) is 2.59. The standard InChI is InChI=1S/C12H15NO2/c1-12(2,3)9-4-5-10-8(6-9)7-13-11(14)15-10/h4-6H,7H2,1-3H3,(H,13,14). The second-order valence-corrected chi connectivity index (χ2v) is 4.82. The van der Waals surface area contributed by atoms with Crippen LogP contribution in [0.5, 0.6) is 5.75 Å². The van der Waals surface area contributed by atoms with Crippen molar-refractivity contribution in [2.75, 3.05) is 0 Å². The summed E-state index contributed by atoms with van der Waals surface area (Å²) in [6.45, 7) is 7.04. The SMILES string of the molecule is CC(C)(C)c1ccc2c(c1)CNC(=O)O2. The first-order chi connectivity index (χ1) is 6.97. The first kappa shape index (κ1) is 10.0. The molecule has 1 aromatic carbocycles. The van der Waals surface area contributed by atoms with Gasteiger partial charge < -0.3 is 10.1 Å². The second-order valence-electron chi connectivity index (χ2n) is 4.82. The lowest BCUT2D eigenvalue weighted by atomic mass is 9.86. The zero-order chi connectivity index (χ0) is 11.1. The van der Waals surface area contributed by atoms with Crippen molar-refractivity contribution in [1.82, 2.24) is 5.32 Å². The van der Waals surface area contributed by atoms with Crippen molar-refractivity contribution >= 4 is 6.09 Å². The fraction of sp³-hybridized carbons (Fsp3) is 0.417. The van der Waals surface area contributed by atoms with E-state index in [9.17, 15) is 4.79 Å². The molecule has 1 amide bonds. The molecule has 0 bridgehead atoms. The van der Waals surface area contributed by atoms with Crippen LogP contribution in [0.1, 0.15) is 31.9 Å². The molecular weight excluding hydrogens is 190 g/mol. The van der Waals surface area contributed by atoms with Crippen molar-refractivity contribution in [2.45, 2.75) is 32.7 Å². The third-order valence-corrected chi connectivity index (χ3v) is 2.55. The highest BCUT2D eigenvalue weighted by Gasteiger charge is 2.20. The van der Waals surface area contributed by atoms with Crippen LogP contribution in [0.4, 0.5) is 4.79 Å². The Morgan fingerprint density at radius 3 is 2.73 bits per heavy atom. The lowest BCUT2D eigenvalue weighted by Gasteiger charge is -2.23. The van der Waals surface area contributed by atoms with E-state index >= 15 is 0 Å². The topological polar surface area (TPSA) is 38.3 Å². The molecule has 1 aliphatic heterocycles. The van der Waals surface area contributed by atoms with E-state index in [2.05, 4.69) is 32.2 Å². The van der Waals surface area contributed by atoms with Gasteiger partial charge in [0.05, 0.1) is 0 Å². The summed E-state index contributed by atoms with van der Waals surface area (Å²) in [5.74, 6) is 0.673. The van der Waals surface area contributed by atoms with Gasteiger partial charge in [-0.25, -0.2) is 4.79 Å². The minimum Gasteiger partial charge on any atom is -0.410 e. The monoisotopic (exact) mass is 205 g/mol. The molecule has 0 saturated carbocycles. The Balaban J connectivity index is 2.39. The number of ether oxygens (including phenoxy) is 1. The van der Waals surface area contributed by atoms with Crippen molar-refractivity contribution in [3.63, 3.8) is 0 Å². The number of amides is 1. The molecular formula is C12H15NO2. The fourth-order valence-corrected chi connectivity index (χ4v) is 1.59. The second kappa shape index (κ2) is 3.26. The first-order valence-corrected chi connectivity index (χ1v) is 5.06. The van der Waals surface area contributed by atoms with Gasteiger partial charge in [0.1, 0.15) is 5.75 Å². The molecule has 1 aliphatic rings. The number of carbonyl (C=O) groups excluding carboxylic acids is 1. The molecule has 0 fully saturated rings. The number of nitrogens with one attached hydrogen (secondary N) is 1. The Hall–Kier alpha value is -1.51. The van der Waals surface area contributed by atoms with Crippen molar-refractivity contribution in [1.29, 1.82) is 0 Å². The molecule has 0 unspecified atom stereocenters. The highest BCUT2D eigenvalue weighted by Crippen LogP contribution is 2.29. The molecule has 2 rings (SSSR count). The molecule has 80 valence electrons. The largest absolute Gasteiger partial charge is 0.412 e. The van der Waals surface area contributed by atoms with Crippen molar-refractivity contribution in [3.8, 4) is 5.75 Å². The normalized spacial score (nSPS) is 15.3. The molecule has 0 radical (unpaired) electrons. The highest BCUT2D eigenvalue weighted by molar-refractivity contribution is 5.73. The van der Waals surface area contributed by atoms with Gasteiger partial charge in [0, 0.05) is 12.1 Å². The molecule has 15 heavy (non-hydrogen) atoms. The Kier molecular flexibility index (Phi) is 2.18. The first-order valence-electron chi connectivity index (χ1n) is 5.06. The third kappa shape index (κ3) is 1.96. The summed E-state index contributed by atoms with van der Waals surface area (Å²) in [6.07, 6.45) is -0.369. The van der Waals surface area contributed by atoms with Gasteiger partial charge >= 0.3 is 6.09 Å². The van der Waals surface area contributed by atoms with E-state index in [-0.39, 0.29) is 11.5 Å². The number of benzene rings is 1. The van der Waals surface area contributed by atoms with E-state index in [1.54, 1.807) is 0 Å². The fourth-order valence-electron chi connectivity index (χ4n) is 1.59. The van der Waals surface area contributed by atoms with Gasteiger partial charge in [-0.3, -0.25) is 0 Å². The lowest BCUT2D eigenvalue weighted by Crippen LogP contribution is -2.31. The number of fused-ring (bicyclic) bond motifs is 1. The van der Waals surface area contributed by atoms with E-state index in [0.29, 0.717) is 12.3 Å². The molecule has 1 heterocycles. The Bertz CT molecular complexity index is 405. The van der Waals surface area contributed by atoms with Crippen LogP contribution in [-0.4, -0.2) is 6.09 Å². The minimum atomic E-state index is -0.369. The average Bonchev–Trinajstić information content (AvgIpc) is 2.15. The van der Waals surface area contributed by atoms with Gasteiger partial charge in [-0.15, -0.1) is 0 Å². The van der Waals surface area contributed by atoms with Crippen LogP contribution in [0.3, 0.4) is 0 Å². The van der Waals surface area contributed by atoms with E-state index in [1.165, 1.54) is 5.56 Å². The number of rotatable bonds is 0. The predicted molar refractivity (Wildman–Crippen MR) is 58.0 cm³/mol. The number of carbonyl (C=O) groups is 1. The maximum Gasteiger partial charge on any atom is 0.412 e. The van der Waals surface area contributed by atoms with Crippen LogP contribution in [0.15, 0.2) is 18.2 Å². The Labute approximate surface area is 89.4 Å². The van der Waals surface area contributed by atoms with Gasteiger partial charge in [-0.2, -0.15) is 0 Å². The summed E-state index contributed by atoms with van der Waals surface area (Å²) < 4.78 is 5.05. The summed E-state index contributed by atoms with van der Waals surface area (Å²) in [5, 5.41) is 2.66. The summed E-state index contributed by atoms with van der Waals surface area (Å²) in [7, 11) is 0. The quantitative estimate of drug-likeness (QED) is 0.707. The van der Waals surface area contributed by atoms with Crippen molar-refractivity contribution < 1.29 is 9.53 Å². The third-order valence-electron chi connectivity index (χ3n) is 2.55. The van der Waals surface area contributed by atoms with Gasteiger partial charge in [-0.1, -0.05) is 26.8 Å². The molecule has 0 atom stereocenters. The van der Waals surface area contributed by atoms with Crippen LogP contribution in [-0.2, 0) is 12.0 Å². The molecule has 0 saturated heterocycles. The van der Waals surface area contributed by atoms with Crippen LogP contribution in [0.25, 0.3) is 0 Å². The summed E-state index contributed by atoms with van der Waals surface area (Å²) in [4.78, 5) is 11.0. The summed E-state index contributed by atoms with van der Waals surface area (Å²) in [6, 6.07) is 5.97. The average molecular weight is 205 g/mol. The van der Waals surface area contributed by atoms with E-state index in [4.69, 9.17) is 4.74 Å². The molecule has 0 aliphatic carbocycles. The highest BCUT2D eigenvalue weighted by atomic mass is 16.6. The minimum absolute atomic E-state index is 0.122. The number of hydrogen-bond donors (Lipinski definition) is 1. The molecule has 0 aromatic heterocycles. The number of hydrogen-bond acceptors (Lipinski definition) is 2. The zero-order valence-corrected chi connectivity index (χ0v) is 9.26. The van der Waals surface area contributed by atoms with E-state index in [0.717, 1.165) is 5.56 Å². The van der Waals surface area contributed by atoms with Gasteiger partial charge in [-0.05, 0) is 23.1 Å². The van der Waals surface area contributed by atoms with Gasteiger partial charge in [0.2, 0.25) is 0 Å². The Morgan fingerprint density at radius 2 is 2.07 bits per heavy atom. The zero-order valence-electron chi connectivity index (χ0n) is 9.26. The van der Waals surface area contributed by atoms with Gasteiger partial charge in [0.25, 0.3) is 0 Å². The molecule has 3 nitrogen and oxygen atoms in total. The van der Waals surface area contributed by atoms with Gasteiger partial charge in [0.15, 0.2) is 0 Å². The molecule has 3 heteroatoms. The molecule has 0 spiro atoms. The van der Waals surface area contributed by atoms with Crippen molar-refractivity contribution in [3.05, 3.63) is 29.3 Å². The lowest BCUT2D eigenvalue weighted by molar-refractivity contribution is 0.194. The molecule has 1 aromatic rings. The van der Waals surface area contributed by atoms with Crippen molar-refractivity contribution in [2.24, 2.45) is 0 Å². The Morgan fingerprint density at radius 1 is 1.33 bits per heavy atom. The van der Waals surface area contributed by atoms with Crippen LogP contribution in [0, 0.1) is 0 Å². The van der Waals surface area contributed by atoms with E-state index < -0.39 is 0 Å². The maximum absolute atomic E-state index is 11.0. The van der Waals surface area contributed by atoms with Crippen LogP contribution >= 0.6 is 0 Å². The maximum atomic E-state index is 11.0. The molecule has 1 N–H and O–H groups in total. The van der Waals surface area contributed by atoms with E-state index in [1.807, 2.05) is 12.1 Å². The van der Waals surface area contributed by atoms with Crippen LogP contribution < -0.4 is 10.1 Å². The summed E-state index contributed by atoms with van der Waals surface area (Å²) >= 11 is 0. The smallest absolute Gasteiger partial charge is 0.410 e. The summed E-state index contributed by atoms with van der Waals surface area (Å²) in [5.41, 5.74) is 2.42.